The molecule has 3 aromatic heterocycles. The van der Waals surface area contributed by atoms with Crippen molar-refractivity contribution < 1.29 is 18.3 Å². The van der Waals surface area contributed by atoms with Gasteiger partial charge in [0.05, 0.1) is 17.8 Å². The lowest BCUT2D eigenvalue weighted by Gasteiger charge is -2.30. The van der Waals surface area contributed by atoms with Crippen molar-refractivity contribution >= 4 is 10.9 Å². The van der Waals surface area contributed by atoms with Gasteiger partial charge in [-0.25, -0.2) is 9.07 Å². The fourth-order valence-electron chi connectivity index (χ4n) is 4.80. The van der Waals surface area contributed by atoms with E-state index in [-0.39, 0.29) is 24.2 Å². The summed E-state index contributed by atoms with van der Waals surface area (Å²) in [6.07, 6.45) is 2.28. The first-order valence-corrected chi connectivity index (χ1v) is 12.3. The maximum Gasteiger partial charge on any atom is 0.252 e. The Labute approximate surface area is 216 Å². The van der Waals surface area contributed by atoms with Gasteiger partial charge in [0.25, 0.3) is 5.56 Å². The van der Waals surface area contributed by atoms with Crippen LogP contribution in [-0.2, 0) is 19.6 Å². The van der Waals surface area contributed by atoms with Crippen LogP contribution in [0.15, 0.2) is 70.1 Å². The van der Waals surface area contributed by atoms with E-state index >= 15 is 0 Å². The summed E-state index contributed by atoms with van der Waals surface area (Å²) in [5, 5.41) is 13.3. The molecule has 4 heterocycles. The van der Waals surface area contributed by atoms with Crippen LogP contribution in [0.5, 0.6) is 11.5 Å². The van der Waals surface area contributed by atoms with Crippen molar-refractivity contribution in [2.24, 2.45) is 0 Å². The molecule has 10 nitrogen and oxygen atoms in total. The molecule has 6 rings (SSSR count). The highest BCUT2D eigenvalue weighted by atomic mass is 19.1. The van der Waals surface area contributed by atoms with Crippen molar-refractivity contribution in [3.05, 3.63) is 99.7 Å². The number of fused-ring (bicyclic) bond motifs is 2. The van der Waals surface area contributed by atoms with Crippen molar-refractivity contribution in [1.29, 1.82) is 0 Å². The number of hydrogen-bond donors (Lipinski definition) is 1. The number of furan rings is 1. The molecule has 0 saturated carbocycles. The van der Waals surface area contributed by atoms with Gasteiger partial charge in [-0.1, -0.05) is 19.1 Å². The summed E-state index contributed by atoms with van der Waals surface area (Å²) in [4.78, 5) is 18.3. The van der Waals surface area contributed by atoms with E-state index < -0.39 is 0 Å². The smallest absolute Gasteiger partial charge is 0.252 e. The van der Waals surface area contributed by atoms with Crippen molar-refractivity contribution in [2.45, 2.75) is 39.0 Å². The lowest BCUT2D eigenvalue weighted by atomic mass is 10.1. The molecule has 0 radical (unpaired) electrons. The molecule has 0 spiro atoms. The number of nitrogens with one attached hydrogen (secondary N) is 1. The van der Waals surface area contributed by atoms with E-state index in [4.69, 9.17) is 13.9 Å². The van der Waals surface area contributed by atoms with Crippen LogP contribution in [0.25, 0.3) is 10.9 Å². The van der Waals surface area contributed by atoms with Crippen LogP contribution in [0.3, 0.4) is 0 Å². The van der Waals surface area contributed by atoms with E-state index in [0.29, 0.717) is 54.5 Å². The Bertz CT molecular complexity index is 1610. The van der Waals surface area contributed by atoms with Gasteiger partial charge in [-0.2, -0.15) is 0 Å². The first-order valence-electron chi connectivity index (χ1n) is 12.3. The number of H-pyrrole nitrogens is 1. The molecule has 1 N–H and O–H groups in total. The quantitative estimate of drug-likeness (QED) is 0.311. The van der Waals surface area contributed by atoms with Crippen LogP contribution in [0.2, 0.25) is 0 Å². The van der Waals surface area contributed by atoms with Crippen LogP contribution < -0.4 is 15.0 Å². The monoisotopic (exact) mass is 516 g/mol. The Morgan fingerprint density at radius 1 is 1.11 bits per heavy atom. The molecular formula is C27H25FN6O4. The zero-order valence-electron chi connectivity index (χ0n) is 20.6. The molecule has 0 unspecified atom stereocenters. The molecule has 0 aliphatic carbocycles. The molecular weight excluding hydrogens is 491 g/mol. The van der Waals surface area contributed by atoms with Crippen LogP contribution in [0.4, 0.5) is 4.39 Å². The van der Waals surface area contributed by atoms with Gasteiger partial charge >= 0.3 is 0 Å². The molecule has 5 aromatic rings. The topological polar surface area (TPSA) is 111 Å². The van der Waals surface area contributed by atoms with E-state index in [1.54, 1.807) is 29.1 Å². The van der Waals surface area contributed by atoms with Crippen LogP contribution in [-0.4, -0.2) is 36.9 Å². The van der Waals surface area contributed by atoms with Gasteiger partial charge in [-0.15, -0.1) is 5.10 Å². The summed E-state index contributed by atoms with van der Waals surface area (Å²) >= 11 is 0. The summed E-state index contributed by atoms with van der Waals surface area (Å²) in [7, 11) is 0. The summed E-state index contributed by atoms with van der Waals surface area (Å²) < 4.78 is 31.8. The molecule has 0 fully saturated rings. The van der Waals surface area contributed by atoms with E-state index in [2.05, 4.69) is 25.4 Å². The number of pyridine rings is 1. The van der Waals surface area contributed by atoms with Gasteiger partial charge in [-0.05, 0) is 58.8 Å². The summed E-state index contributed by atoms with van der Waals surface area (Å²) in [6.45, 7) is 3.33. The predicted octanol–water partition coefficient (Wildman–Crippen LogP) is 4.18. The lowest BCUT2D eigenvalue weighted by molar-refractivity contribution is 0.161. The van der Waals surface area contributed by atoms with E-state index in [0.717, 1.165) is 16.7 Å². The molecule has 1 aliphatic rings. The van der Waals surface area contributed by atoms with E-state index in [9.17, 15) is 9.18 Å². The average molecular weight is 517 g/mol. The molecule has 2 aromatic carbocycles. The number of benzene rings is 2. The first-order chi connectivity index (χ1) is 18.6. The molecule has 194 valence electrons. The van der Waals surface area contributed by atoms with Gasteiger partial charge in [0.15, 0.2) is 17.3 Å². The Kier molecular flexibility index (Phi) is 6.34. The molecule has 1 atom stereocenters. The summed E-state index contributed by atoms with van der Waals surface area (Å²) in [5.41, 5.74) is 1.94. The second kappa shape index (κ2) is 10.1. The highest BCUT2D eigenvalue weighted by molar-refractivity contribution is 5.83. The number of aromatic amines is 1. The largest absolute Gasteiger partial charge is 0.467 e. The fourth-order valence-corrected chi connectivity index (χ4v) is 4.80. The van der Waals surface area contributed by atoms with Crippen LogP contribution in [0.1, 0.15) is 42.1 Å². The molecule has 0 amide bonds. The highest BCUT2D eigenvalue weighted by Gasteiger charge is 2.27. The predicted molar refractivity (Wildman–Crippen MR) is 135 cm³/mol. The summed E-state index contributed by atoms with van der Waals surface area (Å²) in [5.74, 6) is 2.31. The zero-order valence-corrected chi connectivity index (χ0v) is 20.6. The number of nitrogens with zero attached hydrogens (tertiary/aromatic N) is 5. The molecule has 38 heavy (non-hydrogen) atoms. The van der Waals surface area contributed by atoms with E-state index in [1.807, 2.05) is 31.2 Å². The maximum absolute atomic E-state index is 13.6. The Hall–Kier alpha value is -4.51. The van der Waals surface area contributed by atoms with Crippen molar-refractivity contribution in [1.82, 2.24) is 30.1 Å². The lowest BCUT2D eigenvalue weighted by Crippen LogP contribution is -2.32. The van der Waals surface area contributed by atoms with E-state index in [1.165, 1.54) is 12.1 Å². The SMILES string of the molecule is CC[C@H](c1nnnn1Cc1ccco1)N(Cc1ccc(F)cc1)Cc1cc2cc3c(cc2[nH]c1=O)OCO3. The minimum atomic E-state index is -0.306. The Balaban J connectivity index is 1.37. The van der Waals surface area contributed by atoms with Gasteiger partial charge in [0.1, 0.15) is 18.1 Å². The molecule has 0 bridgehead atoms. The molecule has 11 heteroatoms. The number of rotatable bonds is 9. The van der Waals surface area contributed by atoms with Crippen LogP contribution in [0, 0.1) is 5.82 Å². The van der Waals surface area contributed by atoms with Gasteiger partial charge in [0, 0.05) is 30.1 Å². The Morgan fingerprint density at radius 2 is 1.92 bits per heavy atom. The van der Waals surface area contributed by atoms with Crippen molar-refractivity contribution in [3.63, 3.8) is 0 Å². The third kappa shape index (κ3) is 4.75. The first kappa shape index (κ1) is 23.9. The highest BCUT2D eigenvalue weighted by Crippen LogP contribution is 2.35. The van der Waals surface area contributed by atoms with Crippen molar-refractivity contribution in [2.75, 3.05) is 6.79 Å². The zero-order chi connectivity index (χ0) is 26.1. The number of halogens is 1. The minimum Gasteiger partial charge on any atom is -0.467 e. The van der Waals surface area contributed by atoms with Crippen molar-refractivity contribution in [3.8, 4) is 11.5 Å². The van der Waals surface area contributed by atoms with Crippen LogP contribution >= 0.6 is 0 Å². The average Bonchev–Trinajstić information content (AvgIpc) is 3.68. The van der Waals surface area contributed by atoms with Gasteiger partial charge in [0.2, 0.25) is 6.79 Å². The molecule has 0 saturated heterocycles. The second-order valence-electron chi connectivity index (χ2n) is 9.15. The number of hydrogen-bond acceptors (Lipinski definition) is 8. The number of aromatic nitrogens is 5. The maximum atomic E-state index is 13.6. The minimum absolute atomic E-state index is 0.152. The fraction of sp³-hybridized carbons (Fsp3) is 0.259. The van der Waals surface area contributed by atoms with Gasteiger partial charge < -0.3 is 18.9 Å². The third-order valence-electron chi connectivity index (χ3n) is 6.66. The third-order valence-corrected chi connectivity index (χ3v) is 6.66. The summed E-state index contributed by atoms with van der Waals surface area (Å²) in [6, 6.07) is 15.3. The number of tetrazole rings is 1. The molecule has 1 aliphatic heterocycles. The van der Waals surface area contributed by atoms with Gasteiger partial charge in [-0.3, -0.25) is 9.69 Å². The standard InChI is InChI=1S/C27H25FN6O4/c1-2-23(26-30-31-32-34(26)15-21-4-3-9-36-21)33(13-17-5-7-20(28)8-6-17)14-19-10-18-11-24-25(38-16-37-24)12-22(18)29-27(19)35/h3-12,23H,2,13-16H2,1H3,(H,29,35)/t23-/m1/s1. The Morgan fingerprint density at radius 3 is 2.68 bits per heavy atom. The second-order valence-corrected chi connectivity index (χ2v) is 9.15. The normalized spacial score (nSPS) is 13.4. The number of ether oxygens (including phenoxy) is 2.